The Morgan fingerprint density at radius 3 is 2.68 bits per heavy atom. The molecular formula is C15H21N3O. The number of hydrogen-bond acceptors (Lipinski definition) is 3. The smallest absolute Gasteiger partial charge is 0.140 e. The lowest BCUT2D eigenvalue weighted by Gasteiger charge is -2.27. The van der Waals surface area contributed by atoms with Crippen LogP contribution in [-0.4, -0.2) is 26.8 Å². The summed E-state index contributed by atoms with van der Waals surface area (Å²) in [5.41, 5.74) is 6.54. The third-order valence-electron chi connectivity index (χ3n) is 3.30. The molecule has 4 nitrogen and oxygen atoms in total. The van der Waals surface area contributed by atoms with Crippen LogP contribution in [0.2, 0.25) is 0 Å². The average Bonchev–Trinajstić information content (AvgIpc) is 2.88. The third kappa shape index (κ3) is 3.22. The Morgan fingerprint density at radius 1 is 1.37 bits per heavy atom. The summed E-state index contributed by atoms with van der Waals surface area (Å²) >= 11 is 0. The van der Waals surface area contributed by atoms with Gasteiger partial charge in [-0.2, -0.15) is 0 Å². The van der Waals surface area contributed by atoms with E-state index in [9.17, 15) is 5.11 Å². The number of nitrogens with two attached hydrogens (primary N) is 1. The van der Waals surface area contributed by atoms with Crippen molar-refractivity contribution in [3.63, 3.8) is 0 Å². The number of aromatic nitrogens is 2. The van der Waals surface area contributed by atoms with Crippen LogP contribution in [0.4, 0.5) is 0 Å². The number of aliphatic hydroxyl groups excluding tert-OH is 1. The van der Waals surface area contributed by atoms with Crippen LogP contribution in [0.15, 0.2) is 42.7 Å². The van der Waals surface area contributed by atoms with Crippen molar-refractivity contribution in [2.45, 2.75) is 31.8 Å². The molecule has 0 saturated carbocycles. The first-order valence-corrected chi connectivity index (χ1v) is 6.51. The molecule has 4 heteroatoms. The Bertz CT molecular complexity index is 519. The first-order valence-electron chi connectivity index (χ1n) is 6.51. The van der Waals surface area contributed by atoms with Gasteiger partial charge < -0.3 is 15.4 Å². The van der Waals surface area contributed by atoms with Crippen molar-refractivity contribution < 1.29 is 5.11 Å². The molecule has 0 amide bonds. The Balaban J connectivity index is 2.25. The van der Waals surface area contributed by atoms with Crippen LogP contribution in [-0.2, 0) is 0 Å². The van der Waals surface area contributed by atoms with Crippen LogP contribution in [0.3, 0.4) is 0 Å². The molecule has 0 aliphatic heterocycles. The van der Waals surface area contributed by atoms with Gasteiger partial charge in [0.15, 0.2) is 0 Å². The molecule has 1 aromatic heterocycles. The van der Waals surface area contributed by atoms with Gasteiger partial charge in [0.05, 0.1) is 6.61 Å². The Morgan fingerprint density at radius 2 is 2.05 bits per heavy atom. The highest BCUT2D eigenvalue weighted by atomic mass is 16.3. The van der Waals surface area contributed by atoms with E-state index in [0.717, 1.165) is 11.4 Å². The van der Waals surface area contributed by atoms with Crippen LogP contribution >= 0.6 is 0 Å². The van der Waals surface area contributed by atoms with E-state index in [1.54, 1.807) is 6.20 Å². The predicted octanol–water partition coefficient (Wildman–Crippen LogP) is 2.21. The number of nitrogens with zero attached hydrogens (tertiary/aromatic N) is 2. The van der Waals surface area contributed by atoms with Crippen molar-refractivity contribution >= 4 is 0 Å². The van der Waals surface area contributed by atoms with Crippen LogP contribution in [0.25, 0.3) is 11.4 Å². The lowest BCUT2D eigenvalue weighted by atomic mass is 9.95. The molecule has 0 fully saturated rings. The maximum atomic E-state index is 9.28. The van der Waals surface area contributed by atoms with E-state index < -0.39 is 5.54 Å². The summed E-state index contributed by atoms with van der Waals surface area (Å²) in [6.45, 7) is 3.93. The summed E-state index contributed by atoms with van der Waals surface area (Å²) in [6, 6.07) is 10.3. The van der Waals surface area contributed by atoms with Crippen molar-refractivity contribution in [3.8, 4) is 11.4 Å². The Labute approximate surface area is 113 Å². The minimum atomic E-state index is -0.572. The molecule has 0 aliphatic carbocycles. The monoisotopic (exact) mass is 259 g/mol. The number of aliphatic hydroxyl groups is 1. The van der Waals surface area contributed by atoms with E-state index in [0.29, 0.717) is 6.42 Å². The number of hydrogen-bond donors (Lipinski definition) is 2. The quantitative estimate of drug-likeness (QED) is 0.865. The highest BCUT2D eigenvalue weighted by molar-refractivity contribution is 5.55. The number of rotatable bonds is 5. The van der Waals surface area contributed by atoms with E-state index >= 15 is 0 Å². The van der Waals surface area contributed by atoms with Gasteiger partial charge in [0.25, 0.3) is 0 Å². The molecule has 2 atom stereocenters. The fourth-order valence-electron chi connectivity index (χ4n) is 2.32. The fraction of sp³-hybridized carbons (Fsp3) is 0.400. The largest absolute Gasteiger partial charge is 0.394 e. The zero-order valence-corrected chi connectivity index (χ0v) is 11.5. The zero-order valence-electron chi connectivity index (χ0n) is 11.5. The molecule has 2 unspecified atom stereocenters. The standard InChI is InChI=1S/C15H21N3O/c1-12(10-15(2,16)11-19)18-9-8-17-14(18)13-6-4-3-5-7-13/h3-9,12,19H,10-11,16H2,1-2H3. The van der Waals surface area contributed by atoms with E-state index in [-0.39, 0.29) is 12.6 Å². The van der Waals surface area contributed by atoms with Crippen LogP contribution in [0, 0.1) is 0 Å². The van der Waals surface area contributed by atoms with Gasteiger partial charge in [-0.15, -0.1) is 0 Å². The fourth-order valence-corrected chi connectivity index (χ4v) is 2.32. The van der Waals surface area contributed by atoms with Gasteiger partial charge in [-0.05, 0) is 20.3 Å². The van der Waals surface area contributed by atoms with Gasteiger partial charge in [-0.1, -0.05) is 30.3 Å². The molecule has 2 aromatic rings. The van der Waals surface area contributed by atoms with E-state index in [1.807, 2.05) is 43.5 Å². The summed E-state index contributed by atoms with van der Waals surface area (Å²) in [5, 5.41) is 9.28. The van der Waals surface area contributed by atoms with Crippen LogP contribution in [0.5, 0.6) is 0 Å². The maximum absolute atomic E-state index is 9.28. The minimum absolute atomic E-state index is 0.0211. The second-order valence-electron chi connectivity index (χ2n) is 5.39. The SMILES string of the molecule is CC(CC(C)(N)CO)n1ccnc1-c1ccccc1. The summed E-state index contributed by atoms with van der Waals surface area (Å²) < 4.78 is 2.11. The highest BCUT2D eigenvalue weighted by Gasteiger charge is 2.22. The van der Waals surface area contributed by atoms with E-state index in [2.05, 4.69) is 16.5 Å². The first kappa shape index (κ1) is 13.8. The second kappa shape index (κ2) is 5.55. The van der Waals surface area contributed by atoms with E-state index in [1.165, 1.54) is 0 Å². The van der Waals surface area contributed by atoms with Crippen molar-refractivity contribution in [2.75, 3.05) is 6.61 Å². The zero-order chi connectivity index (χ0) is 13.9. The molecule has 0 bridgehead atoms. The third-order valence-corrected chi connectivity index (χ3v) is 3.30. The summed E-state index contributed by atoms with van der Waals surface area (Å²) in [5.74, 6) is 0.932. The topological polar surface area (TPSA) is 64.1 Å². The van der Waals surface area contributed by atoms with Gasteiger partial charge in [0, 0.05) is 29.5 Å². The molecule has 2 rings (SSSR count). The normalized spacial score (nSPS) is 16.0. The van der Waals surface area contributed by atoms with Gasteiger partial charge >= 0.3 is 0 Å². The van der Waals surface area contributed by atoms with Gasteiger partial charge in [-0.25, -0.2) is 4.98 Å². The van der Waals surface area contributed by atoms with E-state index in [4.69, 9.17) is 5.73 Å². The summed E-state index contributed by atoms with van der Waals surface area (Å²) in [7, 11) is 0. The van der Waals surface area contributed by atoms with Crippen molar-refractivity contribution in [2.24, 2.45) is 5.73 Å². The summed E-state index contributed by atoms with van der Waals surface area (Å²) in [4.78, 5) is 4.42. The molecule has 0 radical (unpaired) electrons. The highest BCUT2D eigenvalue weighted by Crippen LogP contribution is 2.25. The molecule has 0 spiro atoms. The van der Waals surface area contributed by atoms with Gasteiger partial charge in [0.1, 0.15) is 5.82 Å². The lowest BCUT2D eigenvalue weighted by molar-refractivity contribution is 0.185. The second-order valence-corrected chi connectivity index (χ2v) is 5.39. The first-order chi connectivity index (χ1) is 9.03. The molecule has 0 aliphatic rings. The number of benzene rings is 1. The molecule has 1 heterocycles. The summed E-state index contributed by atoms with van der Waals surface area (Å²) in [6.07, 6.45) is 4.45. The molecule has 102 valence electrons. The lowest BCUT2D eigenvalue weighted by Crippen LogP contribution is -2.42. The van der Waals surface area contributed by atoms with Crippen molar-refractivity contribution in [1.82, 2.24) is 9.55 Å². The van der Waals surface area contributed by atoms with Crippen molar-refractivity contribution in [3.05, 3.63) is 42.7 Å². The van der Waals surface area contributed by atoms with Crippen molar-refractivity contribution in [1.29, 1.82) is 0 Å². The van der Waals surface area contributed by atoms with Gasteiger partial charge in [0.2, 0.25) is 0 Å². The molecule has 3 N–H and O–H groups in total. The average molecular weight is 259 g/mol. The van der Waals surface area contributed by atoms with Crippen LogP contribution in [0.1, 0.15) is 26.3 Å². The minimum Gasteiger partial charge on any atom is -0.394 e. The molecule has 1 aromatic carbocycles. The molecular weight excluding hydrogens is 238 g/mol. The van der Waals surface area contributed by atoms with Crippen LogP contribution < -0.4 is 5.73 Å². The Kier molecular flexibility index (Phi) is 4.02. The predicted molar refractivity (Wildman–Crippen MR) is 76.7 cm³/mol. The molecule has 0 saturated heterocycles. The van der Waals surface area contributed by atoms with Gasteiger partial charge in [-0.3, -0.25) is 0 Å². The molecule has 19 heavy (non-hydrogen) atoms. The number of imidazole rings is 1. The Hall–Kier alpha value is -1.65. The maximum Gasteiger partial charge on any atom is 0.140 e.